The van der Waals surface area contributed by atoms with Crippen molar-refractivity contribution in [3.63, 3.8) is 0 Å². The van der Waals surface area contributed by atoms with Crippen molar-refractivity contribution < 1.29 is 19.4 Å². The second-order valence-corrected chi connectivity index (χ2v) is 4.71. The SMILES string of the molecule is CCOC(=O)C(=Cc1ccc(C)s1)CC(=O)[O-]. The molecule has 92 valence electrons. The fraction of sp³-hybridized carbons (Fsp3) is 0.333. The van der Waals surface area contributed by atoms with Crippen molar-refractivity contribution in [2.24, 2.45) is 0 Å². The molecule has 1 aromatic rings. The highest BCUT2D eigenvalue weighted by Gasteiger charge is 2.11. The molecule has 17 heavy (non-hydrogen) atoms. The first-order chi connectivity index (χ1) is 8.02. The van der Waals surface area contributed by atoms with Gasteiger partial charge in [-0.05, 0) is 32.1 Å². The van der Waals surface area contributed by atoms with Gasteiger partial charge < -0.3 is 14.6 Å². The summed E-state index contributed by atoms with van der Waals surface area (Å²) >= 11 is 1.48. The van der Waals surface area contributed by atoms with Gasteiger partial charge in [0, 0.05) is 27.7 Å². The highest BCUT2D eigenvalue weighted by molar-refractivity contribution is 7.12. The lowest BCUT2D eigenvalue weighted by molar-refractivity contribution is -0.304. The molecular weight excluding hydrogens is 240 g/mol. The number of esters is 1. The molecule has 1 heterocycles. The predicted molar refractivity (Wildman–Crippen MR) is 63.3 cm³/mol. The topological polar surface area (TPSA) is 66.4 Å². The van der Waals surface area contributed by atoms with Gasteiger partial charge in [0.25, 0.3) is 0 Å². The molecule has 0 fully saturated rings. The lowest BCUT2D eigenvalue weighted by Gasteiger charge is -2.07. The molecule has 0 aromatic carbocycles. The zero-order valence-electron chi connectivity index (χ0n) is 9.69. The predicted octanol–water partition coefficient (Wildman–Crippen LogP) is 1.14. The minimum absolute atomic E-state index is 0.105. The lowest BCUT2D eigenvalue weighted by Crippen LogP contribution is -2.24. The van der Waals surface area contributed by atoms with Crippen molar-refractivity contribution in [1.29, 1.82) is 0 Å². The molecule has 0 saturated carbocycles. The molecule has 0 aliphatic heterocycles. The molecule has 0 aliphatic rings. The normalized spacial score (nSPS) is 11.3. The summed E-state index contributed by atoms with van der Waals surface area (Å²) < 4.78 is 4.79. The van der Waals surface area contributed by atoms with E-state index in [0.29, 0.717) is 0 Å². The highest BCUT2D eigenvalue weighted by Crippen LogP contribution is 2.19. The maximum absolute atomic E-state index is 11.5. The molecule has 1 aromatic heterocycles. The van der Waals surface area contributed by atoms with Crippen molar-refractivity contribution in [3.05, 3.63) is 27.5 Å². The quantitative estimate of drug-likeness (QED) is 0.583. The van der Waals surface area contributed by atoms with Gasteiger partial charge in [0.05, 0.1) is 6.61 Å². The van der Waals surface area contributed by atoms with E-state index in [4.69, 9.17) is 4.74 Å². The van der Waals surface area contributed by atoms with Crippen molar-refractivity contribution in [2.75, 3.05) is 6.61 Å². The number of carbonyl (C=O) groups is 2. The largest absolute Gasteiger partial charge is 0.550 e. The monoisotopic (exact) mass is 253 g/mol. The van der Waals surface area contributed by atoms with Crippen LogP contribution < -0.4 is 5.11 Å². The van der Waals surface area contributed by atoms with Gasteiger partial charge in [0.1, 0.15) is 0 Å². The molecule has 4 nitrogen and oxygen atoms in total. The van der Waals surface area contributed by atoms with Crippen LogP contribution in [0.25, 0.3) is 6.08 Å². The van der Waals surface area contributed by atoms with Gasteiger partial charge >= 0.3 is 5.97 Å². The van der Waals surface area contributed by atoms with Crippen molar-refractivity contribution in [1.82, 2.24) is 0 Å². The van der Waals surface area contributed by atoms with Crippen LogP contribution in [0.15, 0.2) is 17.7 Å². The number of rotatable bonds is 5. The van der Waals surface area contributed by atoms with Crippen LogP contribution in [0, 0.1) is 6.92 Å². The average Bonchev–Trinajstić information content (AvgIpc) is 2.63. The Balaban J connectivity index is 2.92. The summed E-state index contributed by atoms with van der Waals surface area (Å²) in [6, 6.07) is 3.73. The first-order valence-electron chi connectivity index (χ1n) is 5.17. The molecule has 0 atom stereocenters. The van der Waals surface area contributed by atoms with Crippen LogP contribution >= 0.6 is 11.3 Å². The molecular formula is C12H13O4S-. The van der Waals surface area contributed by atoms with E-state index in [9.17, 15) is 14.7 Å². The number of hydrogen-bond donors (Lipinski definition) is 0. The molecule has 0 amide bonds. The Morgan fingerprint density at radius 3 is 2.65 bits per heavy atom. The molecule has 5 heteroatoms. The molecule has 0 N–H and O–H groups in total. The molecule has 0 bridgehead atoms. The minimum atomic E-state index is -1.29. The van der Waals surface area contributed by atoms with Gasteiger partial charge in [0.2, 0.25) is 0 Å². The number of carboxylic acids is 1. The maximum Gasteiger partial charge on any atom is 0.334 e. The Morgan fingerprint density at radius 2 is 2.18 bits per heavy atom. The van der Waals surface area contributed by atoms with Crippen LogP contribution in [0.1, 0.15) is 23.1 Å². The zero-order chi connectivity index (χ0) is 12.8. The Hall–Kier alpha value is -1.62. The number of carboxylic acid groups (broad SMARTS) is 1. The minimum Gasteiger partial charge on any atom is -0.550 e. The number of thiophene rings is 1. The summed E-state index contributed by atoms with van der Waals surface area (Å²) in [7, 11) is 0. The summed E-state index contributed by atoms with van der Waals surface area (Å²) in [5.41, 5.74) is 0.105. The Labute approximate surface area is 104 Å². The summed E-state index contributed by atoms with van der Waals surface area (Å²) in [5.74, 6) is -1.90. The Morgan fingerprint density at radius 1 is 1.47 bits per heavy atom. The molecule has 0 radical (unpaired) electrons. The van der Waals surface area contributed by atoms with E-state index in [-0.39, 0.29) is 12.2 Å². The number of aliphatic carboxylic acids is 1. The van der Waals surface area contributed by atoms with E-state index in [2.05, 4.69) is 0 Å². The first kappa shape index (κ1) is 13.4. The third-order valence-corrected chi connectivity index (χ3v) is 2.90. The van der Waals surface area contributed by atoms with Crippen LogP contribution in [0.2, 0.25) is 0 Å². The van der Waals surface area contributed by atoms with Crippen LogP contribution in [0.5, 0.6) is 0 Å². The number of hydrogen-bond acceptors (Lipinski definition) is 5. The molecule has 0 aliphatic carbocycles. The Bertz CT molecular complexity index is 445. The van der Waals surface area contributed by atoms with Gasteiger partial charge in [-0.3, -0.25) is 0 Å². The summed E-state index contributed by atoms with van der Waals surface area (Å²) in [6.45, 7) is 3.82. The third kappa shape index (κ3) is 4.40. The first-order valence-corrected chi connectivity index (χ1v) is 5.98. The van der Waals surface area contributed by atoms with Gasteiger partial charge in [-0.15, -0.1) is 11.3 Å². The van der Waals surface area contributed by atoms with Gasteiger partial charge in [-0.25, -0.2) is 4.79 Å². The van der Waals surface area contributed by atoms with Crippen LogP contribution in [-0.4, -0.2) is 18.5 Å². The van der Waals surface area contributed by atoms with E-state index >= 15 is 0 Å². The van der Waals surface area contributed by atoms with Gasteiger partial charge in [-0.1, -0.05) is 0 Å². The van der Waals surface area contributed by atoms with E-state index in [1.807, 2.05) is 19.1 Å². The number of aryl methyl sites for hydroxylation is 1. The van der Waals surface area contributed by atoms with E-state index in [1.165, 1.54) is 17.4 Å². The van der Waals surface area contributed by atoms with E-state index < -0.39 is 18.4 Å². The third-order valence-electron chi connectivity index (χ3n) is 1.95. The zero-order valence-corrected chi connectivity index (χ0v) is 10.5. The molecule has 0 spiro atoms. The second-order valence-electron chi connectivity index (χ2n) is 3.39. The smallest absolute Gasteiger partial charge is 0.334 e. The van der Waals surface area contributed by atoms with Gasteiger partial charge in [-0.2, -0.15) is 0 Å². The fourth-order valence-electron chi connectivity index (χ4n) is 1.26. The second kappa shape index (κ2) is 6.20. The molecule has 0 saturated heterocycles. The molecule has 1 rings (SSSR count). The van der Waals surface area contributed by atoms with Crippen LogP contribution in [-0.2, 0) is 14.3 Å². The van der Waals surface area contributed by atoms with Crippen molar-refractivity contribution >= 4 is 29.4 Å². The van der Waals surface area contributed by atoms with Crippen molar-refractivity contribution in [3.8, 4) is 0 Å². The number of ether oxygens (including phenoxy) is 1. The Kier molecular flexibility index (Phi) is 4.90. The fourth-order valence-corrected chi connectivity index (χ4v) is 2.11. The summed E-state index contributed by atoms with van der Waals surface area (Å²) in [5, 5.41) is 10.6. The van der Waals surface area contributed by atoms with Crippen molar-refractivity contribution in [2.45, 2.75) is 20.3 Å². The lowest BCUT2D eigenvalue weighted by atomic mass is 10.1. The molecule has 0 unspecified atom stereocenters. The summed E-state index contributed by atoms with van der Waals surface area (Å²) in [4.78, 5) is 24.0. The highest BCUT2D eigenvalue weighted by atomic mass is 32.1. The van der Waals surface area contributed by atoms with Crippen LogP contribution in [0.4, 0.5) is 0 Å². The summed E-state index contributed by atoms with van der Waals surface area (Å²) in [6.07, 6.45) is 1.10. The number of carbonyl (C=O) groups excluding carboxylic acids is 2. The van der Waals surface area contributed by atoms with E-state index in [0.717, 1.165) is 9.75 Å². The average molecular weight is 253 g/mol. The van der Waals surface area contributed by atoms with Crippen LogP contribution in [0.3, 0.4) is 0 Å². The van der Waals surface area contributed by atoms with Gasteiger partial charge in [0.15, 0.2) is 0 Å². The van der Waals surface area contributed by atoms with E-state index in [1.54, 1.807) is 6.92 Å². The standard InChI is InChI=1S/C12H14O4S/c1-3-16-12(15)9(7-11(13)14)6-10-5-4-8(2)17-10/h4-6H,3,7H2,1-2H3,(H,13,14)/p-1. The maximum atomic E-state index is 11.5.